The normalized spacial score (nSPS) is 10.7. The van der Waals surface area contributed by atoms with Crippen molar-refractivity contribution in [1.82, 2.24) is 14.8 Å². The molecule has 0 aliphatic carbocycles. The Morgan fingerprint density at radius 3 is 2.71 bits per heavy atom. The summed E-state index contributed by atoms with van der Waals surface area (Å²) >= 11 is 0. The molecule has 6 heteroatoms. The highest BCUT2D eigenvalue weighted by molar-refractivity contribution is 5.91. The minimum atomic E-state index is -0.247. The van der Waals surface area contributed by atoms with Crippen LogP contribution in [0.5, 0.6) is 5.75 Å². The van der Waals surface area contributed by atoms with Gasteiger partial charge in [0, 0.05) is 37.1 Å². The predicted octanol–water partition coefficient (Wildman–Crippen LogP) is 3.69. The average Bonchev–Trinajstić information content (AvgIpc) is 3.18. The van der Waals surface area contributed by atoms with Crippen molar-refractivity contribution in [2.75, 3.05) is 11.9 Å². The zero-order valence-electron chi connectivity index (χ0n) is 15.3. The van der Waals surface area contributed by atoms with Gasteiger partial charge in [0.1, 0.15) is 5.75 Å². The Balaban J connectivity index is 1.28. The summed E-state index contributed by atoms with van der Waals surface area (Å²) in [5.74, 6) is 0.922. The maximum Gasteiger partial charge on any atom is 0.263 e. The van der Waals surface area contributed by atoms with Gasteiger partial charge < -0.3 is 10.1 Å². The van der Waals surface area contributed by atoms with E-state index in [2.05, 4.69) is 15.4 Å². The summed E-state index contributed by atoms with van der Waals surface area (Å²) in [6.07, 6.45) is 4.39. The number of pyridine rings is 1. The van der Waals surface area contributed by atoms with E-state index in [1.165, 1.54) is 0 Å². The van der Waals surface area contributed by atoms with Crippen LogP contribution < -0.4 is 10.1 Å². The molecule has 4 aromatic rings. The second-order valence-electron chi connectivity index (χ2n) is 6.38. The van der Waals surface area contributed by atoms with Gasteiger partial charge in [-0.2, -0.15) is 5.10 Å². The van der Waals surface area contributed by atoms with Crippen LogP contribution in [-0.2, 0) is 17.8 Å². The van der Waals surface area contributed by atoms with Crippen LogP contribution in [0.4, 0.5) is 5.82 Å². The fourth-order valence-electron chi connectivity index (χ4n) is 2.91. The molecule has 140 valence electrons. The Labute approximate surface area is 162 Å². The third-order valence-corrected chi connectivity index (χ3v) is 4.32. The molecule has 4 rings (SSSR count). The average molecular weight is 372 g/mol. The maximum atomic E-state index is 12.1. The number of carbonyl (C=O) groups excluding carboxylic acids is 1. The Morgan fingerprint density at radius 2 is 1.86 bits per heavy atom. The molecule has 2 aromatic carbocycles. The largest absolute Gasteiger partial charge is 0.484 e. The number of aromatic nitrogens is 3. The van der Waals surface area contributed by atoms with Gasteiger partial charge in [-0.1, -0.05) is 36.4 Å². The summed E-state index contributed by atoms with van der Waals surface area (Å²) in [4.78, 5) is 16.4. The molecule has 0 unspecified atom stereocenters. The highest BCUT2D eigenvalue weighted by Crippen LogP contribution is 2.20. The molecule has 0 aliphatic heterocycles. The standard InChI is InChI=1S/C22H20N4O2/c27-22(16-28-20-9-8-17-5-1-2-6-18(17)15-20)24-21-11-14-26(25-21)13-10-19-7-3-4-12-23-19/h1-9,11-12,14-15H,10,13,16H2,(H,24,25,27). The maximum absolute atomic E-state index is 12.1. The van der Waals surface area contributed by atoms with Crippen molar-refractivity contribution in [3.63, 3.8) is 0 Å². The molecule has 2 aromatic heterocycles. The first-order valence-electron chi connectivity index (χ1n) is 9.11. The summed E-state index contributed by atoms with van der Waals surface area (Å²) in [5.41, 5.74) is 1.01. The van der Waals surface area contributed by atoms with Crippen molar-refractivity contribution in [1.29, 1.82) is 0 Å². The molecule has 0 fully saturated rings. The number of rotatable bonds is 7. The molecule has 0 atom stereocenters. The minimum absolute atomic E-state index is 0.0703. The molecule has 0 bridgehead atoms. The number of hydrogen-bond acceptors (Lipinski definition) is 4. The van der Waals surface area contributed by atoms with Crippen molar-refractivity contribution >= 4 is 22.5 Å². The monoisotopic (exact) mass is 372 g/mol. The fraction of sp³-hybridized carbons (Fsp3) is 0.136. The van der Waals surface area contributed by atoms with E-state index in [1.807, 2.05) is 66.9 Å². The smallest absolute Gasteiger partial charge is 0.263 e. The van der Waals surface area contributed by atoms with Crippen LogP contribution in [0.2, 0.25) is 0 Å². The van der Waals surface area contributed by atoms with E-state index in [-0.39, 0.29) is 12.5 Å². The number of benzene rings is 2. The Kier molecular flexibility index (Phi) is 5.29. The first-order chi connectivity index (χ1) is 13.8. The lowest BCUT2D eigenvalue weighted by molar-refractivity contribution is -0.118. The van der Waals surface area contributed by atoms with E-state index < -0.39 is 0 Å². The molecule has 28 heavy (non-hydrogen) atoms. The Bertz CT molecular complexity index is 1080. The molecule has 1 amide bonds. The Morgan fingerprint density at radius 1 is 1.00 bits per heavy atom. The summed E-state index contributed by atoms with van der Waals surface area (Å²) in [6, 6.07) is 21.4. The molecule has 2 heterocycles. The number of carbonyl (C=O) groups is 1. The lowest BCUT2D eigenvalue weighted by Gasteiger charge is -2.07. The number of hydrogen-bond donors (Lipinski definition) is 1. The van der Waals surface area contributed by atoms with E-state index in [9.17, 15) is 4.79 Å². The molecule has 0 aliphatic rings. The zero-order chi connectivity index (χ0) is 19.2. The van der Waals surface area contributed by atoms with Crippen molar-refractivity contribution in [2.24, 2.45) is 0 Å². The van der Waals surface area contributed by atoms with Crippen LogP contribution in [-0.4, -0.2) is 27.3 Å². The number of anilines is 1. The highest BCUT2D eigenvalue weighted by atomic mass is 16.5. The zero-order valence-corrected chi connectivity index (χ0v) is 15.3. The van der Waals surface area contributed by atoms with Gasteiger partial charge in [-0.25, -0.2) is 0 Å². The number of ether oxygens (including phenoxy) is 1. The molecule has 1 N–H and O–H groups in total. The van der Waals surface area contributed by atoms with Gasteiger partial charge >= 0.3 is 0 Å². The quantitative estimate of drug-likeness (QED) is 0.537. The molecular weight excluding hydrogens is 352 g/mol. The van der Waals surface area contributed by atoms with Gasteiger partial charge in [0.05, 0.1) is 0 Å². The number of amides is 1. The number of aryl methyl sites for hydroxylation is 2. The van der Waals surface area contributed by atoms with Gasteiger partial charge in [-0.3, -0.25) is 14.5 Å². The summed E-state index contributed by atoms with van der Waals surface area (Å²) in [5, 5.41) is 9.33. The summed E-state index contributed by atoms with van der Waals surface area (Å²) in [7, 11) is 0. The first-order valence-corrected chi connectivity index (χ1v) is 9.11. The van der Waals surface area contributed by atoms with E-state index in [0.717, 1.165) is 22.9 Å². The summed E-state index contributed by atoms with van der Waals surface area (Å²) in [6.45, 7) is 0.625. The summed E-state index contributed by atoms with van der Waals surface area (Å²) < 4.78 is 7.39. The lowest BCUT2D eigenvalue weighted by atomic mass is 10.1. The van der Waals surface area contributed by atoms with Crippen LogP contribution in [0.15, 0.2) is 79.1 Å². The molecule has 6 nitrogen and oxygen atoms in total. The van der Waals surface area contributed by atoms with Gasteiger partial charge in [0.15, 0.2) is 12.4 Å². The third-order valence-electron chi connectivity index (χ3n) is 4.32. The van der Waals surface area contributed by atoms with Crippen molar-refractivity contribution in [2.45, 2.75) is 13.0 Å². The van der Waals surface area contributed by atoms with Gasteiger partial charge in [0.25, 0.3) is 5.91 Å². The van der Waals surface area contributed by atoms with Crippen molar-refractivity contribution < 1.29 is 9.53 Å². The van der Waals surface area contributed by atoms with E-state index >= 15 is 0 Å². The first kappa shape index (κ1) is 17.7. The topological polar surface area (TPSA) is 69.0 Å². The number of nitrogens with one attached hydrogen (secondary N) is 1. The predicted molar refractivity (Wildman–Crippen MR) is 108 cm³/mol. The van der Waals surface area contributed by atoms with Crippen LogP contribution >= 0.6 is 0 Å². The Hall–Kier alpha value is -3.67. The van der Waals surface area contributed by atoms with E-state index in [0.29, 0.717) is 18.1 Å². The van der Waals surface area contributed by atoms with E-state index in [4.69, 9.17) is 4.74 Å². The van der Waals surface area contributed by atoms with Crippen LogP contribution in [0.1, 0.15) is 5.69 Å². The third kappa shape index (κ3) is 4.54. The van der Waals surface area contributed by atoms with Crippen LogP contribution in [0.25, 0.3) is 10.8 Å². The lowest BCUT2D eigenvalue weighted by Crippen LogP contribution is -2.20. The van der Waals surface area contributed by atoms with Crippen LogP contribution in [0.3, 0.4) is 0 Å². The van der Waals surface area contributed by atoms with Gasteiger partial charge in [-0.15, -0.1) is 0 Å². The molecule has 0 radical (unpaired) electrons. The molecule has 0 saturated heterocycles. The highest BCUT2D eigenvalue weighted by Gasteiger charge is 2.07. The van der Waals surface area contributed by atoms with Crippen molar-refractivity contribution in [3.8, 4) is 5.75 Å². The SMILES string of the molecule is O=C(COc1ccc2ccccc2c1)Nc1ccn(CCc2ccccn2)n1. The number of fused-ring (bicyclic) bond motifs is 1. The minimum Gasteiger partial charge on any atom is -0.484 e. The molecule has 0 spiro atoms. The van der Waals surface area contributed by atoms with Crippen molar-refractivity contribution in [3.05, 3.63) is 84.8 Å². The second kappa shape index (κ2) is 8.35. The number of nitrogens with zero attached hydrogens (tertiary/aromatic N) is 3. The fourth-order valence-corrected chi connectivity index (χ4v) is 2.91. The van der Waals surface area contributed by atoms with Gasteiger partial charge in [0.2, 0.25) is 0 Å². The van der Waals surface area contributed by atoms with Gasteiger partial charge in [-0.05, 0) is 35.0 Å². The van der Waals surface area contributed by atoms with Crippen LogP contribution in [0, 0.1) is 0 Å². The second-order valence-corrected chi connectivity index (χ2v) is 6.38. The molecular formula is C22H20N4O2. The molecule has 0 saturated carbocycles. The van der Waals surface area contributed by atoms with E-state index in [1.54, 1.807) is 16.9 Å².